The molecule has 0 aliphatic carbocycles. The third kappa shape index (κ3) is 8.72. The van der Waals surface area contributed by atoms with Crippen LogP contribution in [0.15, 0.2) is 42.5 Å². The van der Waals surface area contributed by atoms with Crippen LogP contribution < -0.4 is 14.8 Å². The maximum atomic E-state index is 6.27. The lowest BCUT2D eigenvalue weighted by molar-refractivity contribution is 0.280. The largest absolute Gasteiger partial charge is 0.493 e. The highest BCUT2D eigenvalue weighted by Crippen LogP contribution is 2.35. The Kier molecular flexibility index (Phi) is 12.8. The smallest absolute Gasteiger partial charge is 0.166 e. The van der Waals surface area contributed by atoms with Crippen LogP contribution in [-0.4, -0.2) is 13.7 Å². The zero-order valence-corrected chi connectivity index (χ0v) is 18.6. The molecular formula is C23H33Cl2NO2. The maximum absolute atomic E-state index is 6.27. The van der Waals surface area contributed by atoms with Crippen molar-refractivity contribution in [3.05, 3.63) is 58.6 Å². The third-order valence-electron chi connectivity index (χ3n) is 4.57. The Bertz CT molecular complexity index is 665. The van der Waals surface area contributed by atoms with E-state index in [-0.39, 0.29) is 12.4 Å². The van der Waals surface area contributed by atoms with Gasteiger partial charge in [-0.15, -0.1) is 12.4 Å². The van der Waals surface area contributed by atoms with Crippen LogP contribution in [-0.2, 0) is 13.2 Å². The van der Waals surface area contributed by atoms with Crippen LogP contribution in [0.3, 0.4) is 0 Å². The normalized spacial score (nSPS) is 10.4. The van der Waals surface area contributed by atoms with E-state index in [9.17, 15) is 0 Å². The number of rotatable bonds is 13. The molecule has 2 rings (SSSR count). The number of hydrogen-bond acceptors (Lipinski definition) is 3. The first-order valence-corrected chi connectivity index (χ1v) is 10.4. The summed E-state index contributed by atoms with van der Waals surface area (Å²) in [4.78, 5) is 0. The van der Waals surface area contributed by atoms with E-state index >= 15 is 0 Å². The van der Waals surface area contributed by atoms with E-state index in [1.807, 2.05) is 24.3 Å². The molecule has 2 aromatic carbocycles. The number of ether oxygens (including phenoxy) is 2. The Morgan fingerprint density at radius 3 is 2.39 bits per heavy atom. The number of nitrogens with one attached hydrogen (secondary N) is 1. The zero-order chi connectivity index (χ0) is 19.3. The minimum absolute atomic E-state index is 0. The monoisotopic (exact) mass is 425 g/mol. The zero-order valence-electron chi connectivity index (χ0n) is 17.0. The van der Waals surface area contributed by atoms with Gasteiger partial charge in [-0.05, 0) is 24.6 Å². The minimum atomic E-state index is 0. The van der Waals surface area contributed by atoms with Gasteiger partial charge < -0.3 is 14.8 Å². The lowest BCUT2D eigenvalue weighted by atomic mass is 10.1. The van der Waals surface area contributed by atoms with Gasteiger partial charge in [0.2, 0.25) is 0 Å². The summed E-state index contributed by atoms with van der Waals surface area (Å²) in [6.45, 7) is 4.47. The van der Waals surface area contributed by atoms with Gasteiger partial charge in [0.1, 0.15) is 6.61 Å². The predicted octanol–water partition coefficient (Wildman–Crippen LogP) is 6.80. The first kappa shape index (κ1) is 24.6. The summed E-state index contributed by atoms with van der Waals surface area (Å²) in [5.74, 6) is 1.44. The summed E-state index contributed by atoms with van der Waals surface area (Å²) in [5, 5.41) is 4.18. The summed E-state index contributed by atoms with van der Waals surface area (Å²) in [6.07, 6.45) is 7.79. The molecule has 0 spiro atoms. The molecule has 0 fully saturated rings. The highest BCUT2D eigenvalue weighted by molar-refractivity contribution is 6.30. The molecule has 156 valence electrons. The van der Waals surface area contributed by atoms with E-state index < -0.39 is 0 Å². The summed E-state index contributed by atoms with van der Waals surface area (Å²) in [6, 6.07) is 13.9. The highest BCUT2D eigenvalue weighted by Gasteiger charge is 2.13. The number of hydrogen-bond donors (Lipinski definition) is 1. The van der Waals surface area contributed by atoms with Gasteiger partial charge in [-0.1, -0.05) is 81.0 Å². The topological polar surface area (TPSA) is 30.5 Å². The Morgan fingerprint density at radius 1 is 0.964 bits per heavy atom. The average molecular weight is 426 g/mol. The molecule has 3 nitrogen and oxygen atoms in total. The lowest BCUT2D eigenvalue weighted by Gasteiger charge is -2.16. The molecule has 0 bridgehead atoms. The van der Waals surface area contributed by atoms with Crippen LogP contribution >= 0.6 is 24.0 Å². The van der Waals surface area contributed by atoms with Crippen LogP contribution in [0.25, 0.3) is 0 Å². The molecule has 0 heterocycles. The molecule has 0 saturated heterocycles. The van der Waals surface area contributed by atoms with Crippen molar-refractivity contribution in [3.63, 3.8) is 0 Å². The molecule has 0 aliphatic rings. The van der Waals surface area contributed by atoms with Crippen molar-refractivity contribution in [1.29, 1.82) is 0 Å². The average Bonchev–Trinajstić information content (AvgIpc) is 2.69. The van der Waals surface area contributed by atoms with Gasteiger partial charge >= 0.3 is 0 Å². The first-order valence-electron chi connectivity index (χ1n) is 9.98. The molecule has 0 atom stereocenters. The predicted molar refractivity (Wildman–Crippen MR) is 121 cm³/mol. The van der Waals surface area contributed by atoms with Crippen molar-refractivity contribution in [1.82, 2.24) is 5.32 Å². The molecule has 0 aromatic heterocycles. The van der Waals surface area contributed by atoms with Crippen molar-refractivity contribution in [3.8, 4) is 11.5 Å². The van der Waals surface area contributed by atoms with Crippen LogP contribution in [0.4, 0.5) is 0 Å². The second-order valence-electron chi connectivity index (χ2n) is 6.82. The summed E-state index contributed by atoms with van der Waals surface area (Å²) >= 11 is 6.27. The Labute approximate surface area is 181 Å². The number of benzene rings is 2. The van der Waals surface area contributed by atoms with Crippen LogP contribution in [0.1, 0.15) is 56.6 Å². The lowest BCUT2D eigenvalue weighted by Crippen LogP contribution is -2.16. The van der Waals surface area contributed by atoms with E-state index in [2.05, 4.69) is 24.4 Å². The first-order chi connectivity index (χ1) is 13.2. The van der Waals surface area contributed by atoms with Crippen molar-refractivity contribution in [2.75, 3.05) is 13.7 Å². The SMILES string of the molecule is CCCCCCCCNCc1cc(Cl)cc(OC)c1OCc1ccccc1.Cl. The van der Waals surface area contributed by atoms with Crippen LogP contribution in [0.2, 0.25) is 5.02 Å². The fraction of sp³-hybridized carbons (Fsp3) is 0.478. The molecule has 2 aromatic rings. The van der Waals surface area contributed by atoms with E-state index in [4.69, 9.17) is 21.1 Å². The van der Waals surface area contributed by atoms with Gasteiger partial charge in [-0.25, -0.2) is 0 Å². The molecule has 5 heteroatoms. The van der Waals surface area contributed by atoms with Crippen molar-refractivity contribution >= 4 is 24.0 Å². The van der Waals surface area contributed by atoms with E-state index in [1.54, 1.807) is 13.2 Å². The van der Waals surface area contributed by atoms with E-state index in [0.717, 1.165) is 30.0 Å². The second-order valence-corrected chi connectivity index (χ2v) is 7.25. The molecule has 0 radical (unpaired) electrons. The number of methoxy groups -OCH3 is 1. The van der Waals surface area contributed by atoms with Crippen LogP contribution in [0.5, 0.6) is 11.5 Å². The molecule has 0 amide bonds. The van der Waals surface area contributed by atoms with E-state index in [0.29, 0.717) is 17.4 Å². The Morgan fingerprint density at radius 2 is 1.68 bits per heavy atom. The van der Waals surface area contributed by atoms with Gasteiger partial charge in [0, 0.05) is 23.2 Å². The number of unbranched alkanes of at least 4 members (excludes halogenated alkanes) is 5. The Balaban J connectivity index is 0.00000392. The molecule has 0 aliphatic heterocycles. The van der Waals surface area contributed by atoms with Gasteiger partial charge in [0.15, 0.2) is 11.5 Å². The van der Waals surface area contributed by atoms with Gasteiger partial charge in [-0.2, -0.15) is 0 Å². The highest BCUT2D eigenvalue weighted by atomic mass is 35.5. The second kappa shape index (κ2) is 14.6. The molecular weight excluding hydrogens is 393 g/mol. The quantitative estimate of drug-likeness (QED) is 0.357. The molecule has 28 heavy (non-hydrogen) atoms. The standard InChI is InChI=1S/C23H32ClNO2.ClH/c1-3-4-5-6-7-11-14-25-17-20-15-21(24)16-22(26-2)23(20)27-18-19-12-9-8-10-13-19;/h8-10,12-13,15-16,25H,3-7,11,14,17-18H2,1-2H3;1H. The summed E-state index contributed by atoms with van der Waals surface area (Å²) in [5.41, 5.74) is 2.15. The molecule has 1 N–H and O–H groups in total. The Hall–Kier alpha value is -1.42. The third-order valence-corrected chi connectivity index (χ3v) is 4.78. The van der Waals surface area contributed by atoms with Crippen molar-refractivity contribution < 1.29 is 9.47 Å². The minimum Gasteiger partial charge on any atom is -0.493 e. The van der Waals surface area contributed by atoms with Gasteiger partial charge in [0.25, 0.3) is 0 Å². The maximum Gasteiger partial charge on any atom is 0.166 e. The van der Waals surface area contributed by atoms with E-state index in [1.165, 1.54) is 38.5 Å². The molecule has 0 unspecified atom stereocenters. The van der Waals surface area contributed by atoms with Gasteiger partial charge in [-0.3, -0.25) is 0 Å². The summed E-state index contributed by atoms with van der Waals surface area (Å²) in [7, 11) is 1.65. The molecule has 0 saturated carbocycles. The fourth-order valence-corrected chi connectivity index (χ4v) is 3.28. The van der Waals surface area contributed by atoms with Crippen LogP contribution in [0, 0.1) is 0 Å². The number of halogens is 2. The fourth-order valence-electron chi connectivity index (χ4n) is 3.05. The van der Waals surface area contributed by atoms with Crippen molar-refractivity contribution in [2.45, 2.75) is 58.6 Å². The van der Waals surface area contributed by atoms with Gasteiger partial charge in [0.05, 0.1) is 7.11 Å². The van der Waals surface area contributed by atoms with Crippen molar-refractivity contribution in [2.24, 2.45) is 0 Å². The summed E-state index contributed by atoms with van der Waals surface area (Å²) < 4.78 is 11.6.